The molecular weight excluding hydrogens is 226 g/mol. The average molecular weight is 243 g/mol. The molecule has 0 aliphatic heterocycles. The Morgan fingerprint density at radius 2 is 2.31 bits per heavy atom. The SMILES string of the molecule is CNCc1c(C)nn(C)c1SCC(=O)OC. The van der Waals surface area contributed by atoms with Crippen molar-refractivity contribution in [1.29, 1.82) is 0 Å². The van der Waals surface area contributed by atoms with Crippen LogP contribution in [0.5, 0.6) is 0 Å². The molecule has 0 atom stereocenters. The van der Waals surface area contributed by atoms with Crippen LogP contribution in [0.2, 0.25) is 0 Å². The first-order chi connectivity index (χ1) is 7.60. The third-order valence-corrected chi connectivity index (χ3v) is 3.36. The van der Waals surface area contributed by atoms with E-state index < -0.39 is 0 Å². The molecule has 0 saturated carbocycles. The van der Waals surface area contributed by atoms with Crippen molar-refractivity contribution < 1.29 is 9.53 Å². The van der Waals surface area contributed by atoms with Gasteiger partial charge in [0, 0.05) is 19.2 Å². The minimum absolute atomic E-state index is 0.223. The van der Waals surface area contributed by atoms with E-state index in [9.17, 15) is 4.79 Å². The van der Waals surface area contributed by atoms with E-state index in [2.05, 4.69) is 15.2 Å². The topological polar surface area (TPSA) is 56.2 Å². The number of hydrogen-bond donors (Lipinski definition) is 1. The van der Waals surface area contributed by atoms with E-state index in [-0.39, 0.29) is 5.97 Å². The molecule has 0 radical (unpaired) electrons. The van der Waals surface area contributed by atoms with Crippen molar-refractivity contribution in [2.24, 2.45) is 7.05 Å². The van der Waals surface area contributed by atoms with E-state index in [0.717, 1.165) is 22.8 Å². The molecule has 1 aromatic rings. The van der Waals surface area contributed by atoms with Crippen LogP contribution in [0.25, 0.3) is 0 Å². The zero-order valence-electron chi connectivity index (χ0n) is 10.0. The number of nitrogens with zero attached hydrogens (tertiary/aromatic N) is 2. The van der Waals surface area contributed by atoms with E-state index in [1.807, 2.05) is 21.0 Å². The van der Waals surface area contributed by atoms with E-state index in [1.165, 1.54) is 18.9 Å². The maximum atomic E-state index is 11.1. The minimum atomic E-state index is -0.223. The van der Waals surface area contributed by atoms with Crippen LogP contribution in [0.15, 0.2) is 5.03 Å². The van der Waals surface area contributed by atoms with Crippen molar-refractivity contribution >= 4 is 17.7 Å². The van der Waals surface area contributed by atoms with Gasteiger partial charge >= 0.3 is 5.97 Å². The molecule has 0 aliphatic rings. The van der Waals surface area contributed by atoms with Crippen molar-refractivity contribution in [3.05, 3.63) is 11.3 Å². The summed E-state index contributed by atoms with van der Waals surface area (Å²) in [6, 6.07) is 0. The number of esters is 1. The predicted molar refractivity (Wildman–Crippen MR) is 63.4 cm³/mol. The first-order valence-corrected chi connectivity index (χ1v) is 5.95. The van der Waals surface area contributed by atoms with Gasteiger partial charge in [0.2, 0.25) is 0 Å². The molecule has 0 unspecified atom stereocenters. The summed E-state index contributed by atoms with van der Waals surface area (Å²) in [5.41, 5.74) is 2.13. The maximum absolute atomic E-state index is 11.1. The largest absolute Gasteiger partial charge is 0.468 e. The summed E-state index contributed by atoms with van der Waals surface area (Å²) in [5.74, 6) is 0.0888. The molecule has 16 heavy (non-hydrogen) atoms. The third kappa shape index (κ3) is 2.99. The summed E-state index contributed by atoms with van der Waals surface area (Å²) < 4.78 is 6.41. The second-order valence-corrected chi connectivity index (χ2v) is 4.35. The Labute approximate surface area is 99.5 Å². The van der Waals surface area contributed by atoms with Gasteiger partial charge in [0.05, 0.1) is 23.6 Å². The molecule has 6 heteroatoms. The van der Waals surface area contributed by atoms with Crippen LogP contribution in [-0.2, 0) is 23.1 Å². The van der Waals surface area contributed by atoms with Crippen LogP contribution < -0.4 is 5.32 Å². The van der Waals surface area contributed by atoms with Crippen molar-refractivity contribution in [1.82, 2.24) is 15.1 Å². The summed E-state index contributed by atoms with van der Waals surface area (Å²) in [6.45, 7) is 2.72. The summed E-state index contributed by atoms with van der Waals surface area (Å²) in [6.07, 6.45) is 0. The van der Waals surface area contributed by atoms with Crippen molar-refractivity contribution in [3.63, 3.8) is 0 Å². The Hall–Kier alpha value is -1.01. The first-order valence-electron chi connectivity index (χ1n) is 4.96. The number of ether oxygens (including phenoxy) is 1. The Morgan fingerprint density at radius 3 is 2.88 bits per heavy atom. The Bertz CT molecular complexity index is 376. The number of carbonyl (C=O) groups is 1. The van der Waals surface area contributed by atoms with Crippen LogP contribution >= 0.6 is 11.8 Å². The summed E-state index contributed by atoms with van der Waals surface area (Å²) in [5, 5.41) is 8.45. The smallest absolute Gasteiger partial charge is 0.316 e. The fourth-order valence-electron chi connectivity index (χ4n) is 1.43. The van der Waals surface area contributed by atoms with Crippen LogP contribution in [0.1, 0.15) is 11.3 Å². The minimum Gasteiger partial charge on any atom is -0.468 e. The molecule has 1 N–H and O–H groups in total. The third-order valence-electron chi connectivity index (χ3n) is 2.20. The highest BCUT2D eigenvalue weighted by Gasteiger charge is 2.14. The molecule has 0 bridgehead atoms. The molecular formula is C10H17N3O2S. The molecule has 90 valence electrons. The average Bonchev–Trinajstić information content (AvgIpc) is 2.52. The van der Waals surface area contributed by atoms with Crippen LogP contribution in [0, 0.1) is 6.92 Å². The van der Waals surface area contributed by atoms with Crippen molar-refractivity contribution in [2.45, 2.75) is 18.5 Å². The summed E-state index contributed by atoms with van der Waals surface area (Å²) in [7, 11) is 5.17. The zero-order valence-corrected chi connectivity index (χ0v) is 10.8. The van der Waals surface area contributed by atoms with Gasteiger partial charge in [-0.25, -0.2) is 0 Å². The second kappa shape index (κ2) is 5.91. The molecule has 5 nitrogen and oxygen atoms in total. The number of methoxy groups -OCH3 is 1. The predicted octanol–water partition coefficient (Wildman–Crippen LogP) is 0.713. The number of rotatable bonds is 5. The molecule has 0 amide bonds. The monoisotopic (exact) mass is 243 g/mol. The van der Waals surface area contributed by atoms with E-state index >= 15 is 0 Å². The van der Waals surface area contributed by atoms with Crippen molar-refractivity contribution in [2.75, 3.05) is 19.9 Å². The number of nitrogens with one attached hydrogen (secondary N) is 1. The fourth-order valence-corrected chi connectivity index (χ4v) is 2.42. The summed E-state index contributed by atoms with van der Waals surface area (Å²) >= 11 is 1.45. The Morgan fingerprint density at radius 1 is 1.62 bits per heavy atom. The molecule has 0 spiro atoms. The lowest BCUT2D eigenvalue weighted by atomic mass is 10.3. The fraction of sp³-hybridized carbons (Fsp3) is 0.600. The Balaban J connectivity index is 2.80. The number of carbonyl (C=O) groups excluding carboxylic acids is 1. The van der Waals surface area contributed by atoms with Crippen LogP contribution in [0.4, 0.5) is 0 Å². The van der Waals surface area contributed by atoms with Gasteiger partial charge in [-0.1, -0.05) is 11.8 Å². The van der Waals surface area contributed by atoms with Gasteiger partial charge in [0.25, 0.3) is 0 Å². The number of hydrogen-bond acceptors (Lipinski definition) is 5. The molecule has 1 heterocycles. The second-order valence-electron chi connectivity index (χ2n) is 3.39. The van der Waals surface area contributed by atoms with Crippen molar-refractivity contribution in [3.8, 4) is 0 Å². The number of aromatic nitrogens is 2. The number of thioether (sulfide) groups is 1. The maximum Gasteiger partial charge on any atom is 0.316 e. The van der Waals surface area contributed by atoms with Crippen LogP contribution in [-0.4, -0.2) is 35.7 Å². The van der Waals surface area contributed by atoms with Gasteiger partial charge in [0.1, 0.15) is 0 Å². The molecule has 1 rings (SSSR count). The highest BCUT2D eigenvalue weighted by atomic mass is 32.2. The molecule has 0 aromatic carbocycles. The first kappa shape index (κ1) is 13.1. The molecule has 0 aliphatic carbocycles. The Kier molecular flexibility index (Phi) is 4.82. The van der Waals surface area contributed by atoms with E-state index in [4.69, 9.17) is 0 Å². The quantitative estimate of drug-likeness (QED) is 0.610. The molecule has 0 fully saturated rings. The lowest BCUT2D eigenvalue weighted by Gasteiger charge is -2.05. The zero-order chi connectivity index (χ0) is 12.1. The lowest BCUT2D eigenvalue weighted by Crippen LogP contribution is -2.08. The highest BCUT2D eigenvalue weighted by molar-refractivity contribution is 7.99. The molecule has 1 aromatic heterocycles. The van der Waals surface area contributed by atoms with Gasteiger partial charge in [-0.3, -0.25) is 9.48 Å². The molecule has 0 saturated heterocycles. The summed E-state index contributed by atoms with van der Waals surface area (Å²) in [4.78, 5) is 11.1. The van der Waals surface area contributed by atoms with E-state index in [0.29, 0.717) is 5.75 Å². The van der Waals surface area contributed by atoms with Gasteiger partial charge in [-0.2, -0.15) is 5.10 Å². The van der Waals surface area contributed by atoms with Crippen LogP contribution in [0.3, 0.4) is 0 Å². The normalized spacial score (nSPS) is 10.5. The van der Waals surface area contributed by atoms with E-state index in [1.54, 1.807) is 4.68 Å². The number of aryl methyl sites for hydroxylation is 2. The van der Waals surface area contributed by atoms with Gasteiger partial charge < -0.3 is 10.1 Å². The standard InChI is InChI=1S/C10H17N3O2S/c1-7-8(5-11-2)10(13(3)12-7)16-6-9(14)15-4/h11H,5-6H2,1-4H3. The lowest BCUT2D eigenvalue weighted by molar-refractivity contribution is -0.137. The van der Waals surface area contributed by atoms with Gasteiger partial charge in [-0.15, -0.1) is 0 Å². The van der Waals surface area contributed by atoms with Gasteiger partial charge in [-0.05, 0) is 14.0 Å². The highest BCUT2D eigenvalue weighted by Crippen LogP contribution is 2.24. The van der Waals surface area contributed by atoms with Gasteiger partial charge in [0.15, 0.2) is 0 Å².